The summed E-state index contributed by atoms with van der Waals surface area (Å²) in [5.41, 5.74) is 8.71. The second kappa shape index (κ2) is 6.90. The largest absolute Gasteiger partial charge is 0.375 e. The molecule has 130 valence electrons. The summed E-state index contributed by atoms with van der Waals surface area (Å²) >= 11 is 7.26. The minimum atomic E-state index is -0.221. The molecule has 7 heteroatoms. The average Bonchev–Trinajstić information content (AvgIpc) is 3.05. The quantitative estimate of drug-likeness (QED) is 0.579. The monoisotopic (exact) mass is 382 g/mol. The molecule has 4 aromatic rings. The molecule has 0 spiro atoms. The van der Waals surface area contributed by atoms with Crippen molar-refractivity contribution in [3.8, 4) is 11.3 Å². The van der Waals surface area contributed by atoms with Crippen LogP contribution in [0.4, 0.5) is 5.13 Å². The molecule has 2 N–H and O–H groups in total. The normalized spacial score (nSPS) is 11.1. The van der Waals surface area contributed by atoms with Crippen molar-refractivity contribution in [2.45, 2.75) is 13.0 Å². The molecule has 2 heterocycles. The van der Waals surface area contributed by atoms with Crippen LogP contribution in [0.2, 0.25) is 5.02 Å². The molecule has 0 fully saturated rings. The van der Waals surface area contributed by atoms with Crippen LogP contribution in [-0.2, 0) is 13.0 Å². The van der Waals surface area contributed by atoms with Gasteiger partial charge in [-0.15, -0.1) is 0 Å². The van der Waals surface area contributed by atoms with Crippen LogP contribution in [0.25, 0.3) is 21.5 Å². The molecule has 0 aliphatic carbocycles. The Morgan fingerprint density at radius 1 is 1.08 bits per heavy atom. The second-order valence-corrected chi connectivity index (χ2v) is 7.32. The Kier molecular flexibility index (Phi) is 4.44. The Morgan fingerprint density at radius 2 is 1.81 bits per heavy atom. The molecule has 4 rings (SSSR count). The number of fused-ring (bicyclic) bond motifs is 1. The van der Waals surface area contributed by atoms with Gasteiger partial charge < -0.3 is 5.73 Å². The van der Waals surface area contributed by atoms with Gasteiger partial charge in [-0.05, 0) is 24.1 Å². The Balaban J connectivity index is 1.81. The first-order valence-corrected chi connectivity index (χ1v) is 9.28. The topological polar surface area (TPSA) is 73.8 Å². The number of nitrogen functional groups attached to an aromatic ring is 1. The number of hydrogen-bond acceptors (Lipinski definition) is 5. The van der Waals surface area contributed by atoms with E-state index in [4.69, 9.17) is 17.3 Å². The fourth-order valence-corrected chi connectivity index (χ4v) is 3.76. The molecule has 26 heavy (non-hydrogen) atoms. The SMILES string of the molecule is Nc1nc2c(=O)n(CCc3ccccc3)nc(-c3ccc(Cl)cc3)c2s1. The summed E-state index contributed by atoms with van der Waals surface area (Å²) in [6.45, 7) is 0.469. The highest BCUT2D eigenvalue weighted by molar-refractivity contribution is 7.22. The predicted octanol–water partition coefficient (Wildman–Crippen LogP) is 4.00. The molecule has 0 radical (unpaired) electrons. The van der Waals surface area contributed by atoms with Gasteiger partial charge in [0, 0.05) is 17.1 Å². The number of aryl methyl sites for hydroxylation is 2. The minimum absolute atomic E-state index is 0.221. The second-order valence-electron chi connectivity index (χ2n) is 5.85. The number of halogens is 1. The van der Waals surface area contributed by atoms with Gasteiger partial charge >= 0.3 is 0 Å². The molecule has 0 saturated heterocycles. The minimum Gasteiger partial charge on any atom is -0.375 e. The van der Waals surface area contributed by atoms with Gasteiger partial charge in [-0.3, -0.25) is 4.79 Å². The lowest BCUT2D eigenvalue weighted by atomic mass is 10.1. The molecule has 0 saturated carbocycles. The number of nitrogens with zero attached hydrogens (tertiary/aromatic N) is 3. The van der Waals surface area contributed by atoms with Gasteiger partial charge in [-0.1, -0.05) is 65.4 Å². The highest BCUT2D eigenvalue weighted by Crippen LogP contribution is 2.31. The van der Waals surface area contributed by atoms with Crippen molar-refractivity contribution in [3.05, 3.63) is 75.5 Å². The molecule has 5 nitrogen and oxygen atoms in total. The van der Waals surface area contributed by atoms with Crippen molar-refractivity contribution in [1.82, 2.24) is 14.8 Å². The maximum absolute atomic E-state index is 12.8. The van der Waals surface area contributed by atoms with Gasteiger partial charge in [0.2, 0.25) is 0 Å². The van der Waals surface area contributed by atoms with Crippen LogP contribution in [0, 0.1) is 0 Å². The van der Waals surface area contributed by atoms with Crippen LogP contribution in [0.1, 0.15) is 5.56 Å². The first-order valence-electron chi connectivity index (χ1n) is 8.09. The van der Waals surface area contributed by atoms with E-state index in [0.29, 0.717) is 39.0 Å². The fraction of sp³-hybridized carbons (Fsp3) is 0.105. The predicted molar refractivity (Wildman–Crippen MR) is 107 cm³/mol. The summed E-state index contributed by atoms with van der Waals surface area (Å²) in [4.78, 5) is 17.0. The average molecular weight is 383 g/mol. The highest BCUT2D eigenvalue weighted by atomic mass is 35.5. The number of hydrogen-bond donors (Lipinski definition) is 1. The van der Waals surface area contributed by atoms with Gasteiger partial charge in [0.25, 0.3) is 5.56 Å². The third-order valence-electron chi connectivity index (χ3n) is 4.09. The summed E-state index contributed by atoms with van der Waals surface area (Å²) in [6, 6.07) is 17.4. The van der Waals surface area contributed by atoms with Crippen LogP contribution in [0.15, 0.2) is 59.4 Å². The molecule has 0 aliphatic rings. The zero-order valence-corrected chi connectivity index (χ0v) is 15.3. The van der Waals surface area contributed by atoms with E-state index in [0.717, 1.165) is 11.1 Å². The van der Waals surface area contributed by atoms with Crippen LogP contribution < -0.4 is 11.3 Å². The lowest BCUT2D eigenvalue weighted by Crippen LogP contribution is -2.24. The summed E-state index contributed by atoms with van der Waals surface area (Å²) < 4.78 is 2.17. The molecule has 0 atom stereocenters. The molecular formula is C19H15ClN4OS. The number of rotatable bonds is 4. The highest BCUT2D eigenvalue weighted by Gasteiger charge is 2.16. The van der Waals surface area contributed by atoms with Gasteiger partial charge in [-0.25, -0.2) is 9.67 Å². The van der Waals surface area contributed by atoms with Crippen molar-refractivity contribution in [2.75, 3.05) is 5.73 Å². The zero-order chi connectivity index (χ0) is 18.1. The molecule has 0 amide bonds. The van der Waals surface area contributed by atoms with Gasteiger partial charge in [0.1, 0.15) is 5.69 Å². The Morgan fingerprint density at radius 3 is 2.54 bits per heavy atom. The first kappa shape index (κ1) is 16.8. The number of aromatic nitrogens is 3. The third kappa shape index (κ3) is 3.21. The molecule has 2 aromatic heterocycles. The number of thiazole rings is 1. The van der Waals surface area contributed by atoms with Crippen molar-refractivity contribution >= 4 is 38.3 Å². The number of anilines is 1. The number of nitrogens with two attached hydrogens (primary N) is 1. The molecule has 0 bridgehead atoms. The Labute approximate surface area is 158 Å². The standard InChI is InChI=1S/C19H15ClN4OS/c20-14-8-6-13(7-9-14)15-17-16(22-19(21)26-17)18(25)24(23-15)11-10-12-4-2-1-3-5-12/h1-9H,10-11H2,(H2,21,22). The van der Waals surface area contributed by atoms with E-state index in [1.165, 1.54) is 16.0 Å². The van der Waals surface area contributed by atoms with Gasteiger partial charge in [-0.2, -0.15) is 5.10 Å². The third-order valence-corrected chi connectivity index (χ3v) is 5.23. The van der Waals surface area contributed by atoms with Crippen LogP contribution in [0.3, 0.4) is 0 Å². The van der Waals surface area contributed by atoms with Crippen LogP contribution in [-0.4, -0.2) is 14.8 Å². The Hall–Kier alpha value is -2.70. The number of benzene rings is 2. The van der Waals surface area contributed by atoms with E-state index in [1.54, 1.807) is 12.1 Å². The molecule has 0 unspecified atom stereocenters. The first-order chi connectivity index (χ1) is 12.6. The maximum atomic E-state index is 12.8. The van der Waals surface area contributed by atoms with Gasteiger partial charge in [0.15, 0.2) is 10.6 Å². The van der Waals surface area contributed by atoms with Crippen molar-refractivity contribution in [1.29, 1.82) is 0 Å². The fourth-order valence-electron chi connectivity index (χ4n) is 2.80. The van der Waals surface area contributed by atoms with Crippen molar-refractivity contribution in [2.24, 2.45) is 0 Å². The smallest absolute Gasteiger partial charge is 0.294 e. The molecular weight excluding hydrogens is 368 g/mol. The van der Waals surface area contributed by atoms with Crippen LogP contribution >= 0.6 is 22.9 Å². The summed E-state index contributed by atoms with van der Waals surface area (Å²) in [5, 5.41) is 5.61. The van der Waals surface area contributed by atoms with Crippen molar-refractivity contribution in [3.63, 3.8) is 0 Å². The Bertz CT molecular complexity index is 1120. The van der Waals surface area contributed by atoms with E-state index in [-0.39, 0.29) is 5.56 Å². The van der Waals surface area contributed by atoms with E-state index < -0.39 is 0 Å². The molecule has 2 aromatic carbocycles. The van der Waals surface area contributed by atoms with E-state index >= 15 is 0 Å². The van der Waals surface area contributed by atoms with Crippen LogP contribution in [0.5, 0.6) is 0 Å². The van der Waals surface area contributed by atoms with E-state index in [9.17, 15) is 4.79 Å². The lowest BCUT2D eigenvalue weighted by Gasteiger charge is -2.09. The molecule has 0 aliphatic heterocycles. The summed E-state index contributed by atoms with van der Waals surface area (Å²) in [6.07, 6.45) is 0.707. The summed E-state index contributed by atoms with van der Waals surface area (Å²) in [5.74, 6) is 0. The lowest BCUT2D eigenvalue weighted by molar-refractivity contribution is 0.586. The van der Waals surface area contributed by atoms with Gasteiger partial charge in [0.05, 0.1) is 4.70 Å². The summed E-state index contributed by atoms with van der Waals surface area (Å²) in [7, 11) is 0. The van der Waals surface area contributed by atoms with Crippen molar-refractivity contribution < 1.29 is 0 Å². The maximum Gasteiger partial charge on any atom is 0.294 e. The zero-order valence-electron chi connectivity index (χ0n) is 13.7. The van der Waals surface area contributed by atoms with E-state index in [1.807, 2.05) is 42.5 Å². The van der Waals surface area contributed by atoms with E-state index in [2.05, 4.69) is 10.1 Å².